The van der Waals surface area contributed by atoms with Crippen molar-refractivity contribution in [1.29, 1.82) is 0 Å². The van der Waals surface area contributed by atoms with Gasteiger partial charge >= 0.3 is 5.97 Å². The van der Waals surface area contributed by atoms with Gasteiger partial charge in [-0.3, -0.25) is 24.5 Å². The van der Waals surface area contributed by atoms with Gasteiger partial charge in [0.1, 0.15) is 11.5 Å². The van der Waals surface area contributed by atoms with Gasteiger partial charge in [0.25, 0.3) is 17.4 Å². The highest BCUT2D eigenvalue weighted by Gasteiger charge is 2.46. The zero-order valence-corrected chi connectivity index (χ0v) is 18.5. The molecule has 2 N–H and O–H groups in total. The highest BCUT2D eigenvalue weighted by Crippen LogP contribution is 2.40. The predicted molar refractivity (Wildman–Crippen MR) is 121 cm³/mol. The number of hydrogen-bond donors (Lipinski definition) is 2. The van der Waals surface area contributed by atoms with Crippen LogP contribution in [0.5, 0.6) is 5.75 Å². The molecule has 10 nitrogen and oxygen atoms in total. The van der Waals surface area contributed by atoms with Crippen molar-refractivity contribution in [2.24, 2.45) is 0 Å². The molecule has 0 radical (unpaired) electrons. The molecule has 0 bridgehead atoms. The smallest absolute Gasteiger partial charge is 0.303 e. The number of nitrogens with zero attached hydrogens (tertiary/aromatic N) is 2. The van der Waals surface area contributed by atoms with Crippen LogP contribution in [0.25, 0.3) is 5.76 Å². The molecular weight excluding hydrogens is 444 g/mol. The Hall–Kier alpha value is -4.21. The second-order valence-electron chi connectivity index (χ2n) is 7.78. The molecule has 2 aromatic carbocycles. The molecule has 0 saturated carbocycles. The first kappa shape index (κ1) is 24.4. The first-order valence-electron chi connectivity index (χ1n) is 10.6. The van der Waals surface area contributed by atoms with Gasteiger partial charge in [-0.05, 0) is 42.7 Å². The molecule has 1 amide bonds. The summed E-state index contributed by atoms with van der Waals surface area (Å²) in [5, 5.41) is 31.1. The number of nitro benzene ring substituents is 1. The summed E-state index contributed by atoms with van der Waals surface area (Å²) >= 11 is 0. The SMILES string of the molecule is COc1ccc(C(O)=C2C(=O)C(=O)N(CCCCCC(=O)O)C2c2cccc([N+](=O)[O-])c2)cc1. The van der Waals surface area contributed by atoms with Crippen molar-refractivity contribution in [3.63, 3.8) is 0 Å². The van der Waals surface area contributed by atoms with Crippen molar-refractivity contribution >= 4 is 29.1 Å². The summed E-state index contributed by atoms with van der Waals surface area (Å²) in [4.78, 5) is 48.6. The maximum Gasteiger partial charge on any atom is 0.303 e. The van der Waals surface area contributed by atoms with Crippen LogP contribution in [0.15, 0.2) is 54.1 Å². The fourth-order valence-corrected chi connectivity index (χ4v) is 3.91. The molecule has 0 aliphatic carbocycles. The zero-order valence-electron chi connectivity index (χ0n) is 18.5. The lowest BCUT2D eigenvalue weighted by atomic mass is 9.95. The molecule has 34 heavy (non-hydrogen) atoms. The Kier molecular flexibility index (Phi) is 7.62. The third-order valence-electron chi connectivity index (χ3n) is 5.59. The first-order valence-corrected chi connectivity index (χ1v) is 10.6. The van der Waals surface area contributed by atoms with E-state index in [0.29, 0.717) is 30.6 Å². The molecule has 0 aromatic heterocycles. The number of carboxylic acids is 1. The molecule has 10 heteroatoms. The standard InChI is InChI=1S/C24H24N2O8/c1-34-18-11-9-15(10-12-18)22(29)20-21(16-6-5-7-17(14-16)26(32)33)25(24(31)23(20)30)13-4-2-3-8-19(27)28/h5-7,9-12,14,21,29H,2-4,8,13H2,1H3,(H,27,28). The van der Waals surface area contributed by atoms with Gasteiger partial charge in [-0.1, -0.05) is 18.6 Å². The van der Waals surface area contributed by atoms with Crippen molar-refractivity contribution in [1.82, 2.24) is 4.90 Å². The molecule has 0 spiro atoms. The molecule has 1 unspecified atom stereocenters. The van der Waals surface area contributed by atoms with E-state index in [0.717, 1.165) is 0 Å². The Labute approximate surface area is 195 Å². The summed E-state index contributed by atoms with van der Waals surface area (Å²) in [6, 6.07) is 10.8. The number of benzene rings is 2. The van der Waals surface area contributed by atoms with Gasteiger partial charge < -0.3 is 19.8 Å². The number of nitro groups is 1. The Morgan fingerprint density at radius 1 is 1.09 bits per heavy atom. The lowest BCUT2D eigenvalue weighted by Gasteiger charge is -2.25. The molecule has 2 aromatic rings. The number of amides is 1. The lowest BCUT2D eigenvalue weighted by molar-refractivity contribution is -0.384. The minimum absolute atomic E-state index is 0.00933. The van der Waals surface area contributed by atoms with E-state index < -0.39 is 34.4 Å². The number of ketones is 1. The lowest BCUT2D eigenvalue weighted by Crippen LogP contribution is -2.30. The number of Topliss-reactive ketones (excluding diaryl/α,β-unsaturated/α-hetero) is 1. The Morgan fingerprint density at radius 2 is 1.79 bits per heavy atom. The number of aliphatic carboxylic acids is 1. The number of ether oxygens (including phenoxy) is 1. The number of carbonyl (C=O) groups excluding carboxylic acids is 2. The summed E-state index contributed by atoms with van der Waals surface area (Å²) in [6.45, 7) is 0.122. The summed E-state index contributed by atoms with van der Waals surface area (Å²) < 4.78 is 5.11. The maximum atomic E-state index is 13.0. The van der Waals surface area contributed by atoms with Crippen molar-refractivity contribution in [2.75, 3.05) is 13.7 Å². The van der Waals surface area contributed by atoms with Crippen LogP contribution in [0.4, 0.5) is 5.69 Å². The van der Waals surface area contributed by atoms with E-state index in [2.05, 4.69) is 0 Å². The van der Waals surface area contributed by atoms with E-state index in [1.165, 1.54) is 42.3 Å². The third-order valence-corrected chi connectivity index (χ3v) is 5.59. The quantitative estimate of drug-likeness (QED) is 0.134. The zero-order chi connectivity index (χ0) is 24.8. The molecule has 1 fully saturated rings. The largest absolute Gasteiger partial charge is 0.507 e. The number of likely N-dealkylation sites (tertiary alicyclic amines) is 1. The minimum Gasteiger partial charge on any atom is -0.507 e. The summed E-state index contributed by atoms with van der Waals surface area (Å²) in [5.41, 5.74) is 0.222. The summed E-state index contributed by atoms with van der Waals surface area (Å²) in [6.07, 6.45) is 1.33. The number of aliphatic hydroxyl groups excluding tert-OH is 1. The van der Waals surface area contributed by atoms with Crippen LogP contribution < -0.4 is 4.74 Å². The maximum absolute atomic E-state index is 13.0. The van der Waals surface area contributed by atoms with Gasteiger partial charge in [0, 0.05) is 30.7 Å². The van der Waals surface area contributed by atoms with Crippen LogP contribution in [0.2, 0.25) is 0 Å². The Bertz CT molecular complexity index is 1140. The number of unbranched alkanes of at least 4 members (excludes halogenated alkanes) is 2. The number of aliphatic hydroxyl groups is 1. The van der Waals surface area contributed by atoms with Crippen molar-refractivity contribution in [3.8, 4) is 5.75 Å². The Balaban J connectivity index is 2.02. The number of carbonyl (C=O) groups is 3. The highest BCUT2D eigenvalue weighted by atomic mass is 16.6. The van der Waals surface area contributed by atoms with Gasteiger partial charge in [0.05, 0.1) is 23.6 Å². The topological polar surface area (TPSA) is 147 Å². The Morgan fingerprint density at radius 3 is 2.41 bits per heavy atom. The normalized spacial score (nSPS) is 17.1. The second-order valence-corrected chi connectivity index (χ2v) is 7.78. The van der Waals surface area contributed by atoms with Crippen LogP contribution in [0.3, 0.4) is 0 Å². The molecular formula is C24H24N2O8. The average Bonchev–Trinajstić information content (AvgIpc) is 3.08. The van der Waals surface area contributed by atoms with Crippen LogP contribution in [-0.4, -0.2) is 51.4 Å². The van der Waals surface area contributed by atoms with Crippen molar-refractivity contribution in [2.45, 2.75) is 31.7 Å². The minimum atomic E-state index is -1.03. The fraction of sp³-hybridized carbons (Fsp3) is 0.292. The molecule has 1 aliphatic rings. The van der Waals surface area contributed by atoms with E-state index in [9.17, 15) is 29.6 Å². The summed E-state index contributed by atoms with van der Waals surface area (Å²) in [5.74, 6) is -2.50. The molecule has 3 rings (SSSR count). The van der Waals surface area contributed by atoms with E-state index in [1.807, 2.05) is 0 Å². The molecule has 1 saturated heterocycles. The van der Waals surface area contributed by atoms with Crippen LogP contribution in [0, 0.1) is 10.1 Å². The van der Waals surface area contributed by atoms with Crippen molar-refractivity contribution in [3.05, 3.63) is 75.3 Å². The van der Waals surface area contributed by atoms with E-state index >= 15 is 0 Å². The number of methoxy groups -OCH3 is 1. The third kappa shape index (κ3) is 5.22. The average molecular weight is 468 g/mol. The molecule has 1 atom stereocenters. The molecule has 1 heterocycles. The van der Waals surface area contributed by atoms with E-state index in [-0.39, 0.29) is 29.8 Å². The van der Waals surface area contributed by atoms with Gasteiger partial charge in [-0.2, -0.15) is 0 Å². The molecule has 1 aliphatic heterocycles. The number of carboxylic acid groups (broad SMARTS) is 1. The number of non-ortho nitro benzene ring substituents is 1. The monoisotopic (exact) mass is 468 g/mol. The van der Waals surface area contributed by atoms with Gasteiger partial charge in [0.2, 0.25) is 0 Å². The summed E-state index contributed by atoms with van der Waals surface area (Å²) in [7, 11) is 1.49. The van der Waals surface area contributed by atoms with Crippen LogP contribution >= 0.6 is 0 Å². The predicted octanol–water partition coefficient (Wildman–Crippen LogP) is 3.67. The number of rotatable bonds is 10. The molecule has 178 valence electrons. The van der Waals surface area contributed by atoms with Crippen LogP contribution in [0.1, 0.15) is 42.9 Å². The van der Waals surface area contributed by atoms with Gasteiger partial charge in [0.15, 0.2) is 0 Å². The van der Waals surface area contributed by atoms with Crippen molar-refractivity contribution < 1.29 is 34.3 Å². The number of hydrogen-bond acceptors (Lipinski definition) is 7. The van der Waals surface area contributed by atoms with Gasteiger partial charge in [-0.25, -0.2) is 0 Å². The van der Waals surface area contributed by atoms with Crippen LogP contribution in [-0.2, 0) is 14.4 Å². The van der Waals surface area contributed by atoms with E-state index in [1.54, 1.807) is 18.2 Å². The second kappa shape index (κ2) is 10.6. The van der Waals surface area contributed by atoms with Gasteiger partial charge in [-0.15, -0.1) is 0 Å². The highest BCUT2D eigenvalue weighted by molar-refractivity contribution is 6.46. The fourth-order valence-electron chi connectivity index (χ4n) is 3.91. The first-order chi connectivity index (χ1) is 16.2. The van der Waals surface area contributed by atoms with E-state index in [4.69, 9.17) is 9.84 Å².